The van der Waals surface area contributed by atoms with Crippen molar-refractivity contribution < 1.29 is 34.8 Å². The average molecular weight is 532 g/mol. The first-order valence-corrected chi connectivity index (χ1v) is 12.8. The average Bonchev–Trinajstić information content (AvgIpc) is 2.92. The number of piperidine rings is 1. The minimum Gasteiger partial charge on any atom is -0.493 e. The Kier molecular flexibility index (Phi) is 13.7. The summed E-state index contributed by atoms with van der Waals surface area (Å²) < 4.78 is 6.15. The summed E-state index contributed by atoms with van der Waals surface area (Å²) in [7, 11) is 2.18. The van der Waals surface area contributed by atoms with Crippen molar-refractivity contribution >= 4 is 12.9 Å². The molecule has 0 amide bonds. The van der Waals surface area contributed by atoms with E-state index in [2.05, 4.69) is 27.8 Å². The first-order chi connectivity index (χ1) is 18.4. The van der Waals surface area contributed by atoms with Gasteiger partial charge in [0.25, 0.3) is 12.9 Å². The predicted molar refractivity (Wildman–Crippen MR) is 144 cm³/mol. The van der Waals surface area contributed by atoms with Gasteiger partial charge in [0.2, 0.25) is 0 Å². The molecule has 38 heavy (non-hydrogen) atoms. The van der Waals surface area contributed by atoms with Gasteiger partial charge in [-0.2, -0.15) is 0 Å². The molecule has 0 aliphatic carbocycles. The molecule has 2 aromatic rings. The molecule has 0 radical (unpaired) electrons. The quantitative estimate of drug-likeness (QED) is 0.294. The standard InChI is InChI=1S/C26H37N3O3.2CH2O2/c1-27-15-17-28(18-16-27)13-7-19-32-24-11-6-5-8-22(24)20-29-14-12-26(31,25(30)21-29)23-9-3-2-4-10-23;2*2-1-3/h2-6,8-11,25,30-31H,7,12-21H2,1H3;2*1H,(H,2,3)/t25-,26-;;/m0../s1. The van der Waals surface area contributed by atoms with Crippen LogP contribution in [0.5, 0.6) is 5.75 Å². The Labute approximate surface area is 224 Å². The highest BCUT2D eigenvalue weighted by atomic mass is 16.5. The maximum atomic E-state index is 11.1. The van der Waals surface area contributed by atoms with Crippen molar-refractivity contribution in [2.45, 2.75) is 31.1 Å². The van der Waals surface area contributed by atoms with E-state index in [0.29, 0.717) is 26.1 Å². The van der Waals surface area contributed by atoms with Gasteiger partial charge in [-0.1, -0.05) is 48.5 Å². The lowest BCUT2D eigenvalue weighted by Crippen LogP contribution is -2.53. The molecular weight excluding hydrogens is 490 g/mol. The van der Waals surface area contributed by atoms with E-state index in [1.807, 2.05) is 48.5 Å². The number of aliphatic hydroxyl groups excluding tert-OH is 1. The van der Waals surface area contributed by atoms with E-state index in [1.165, 1.54) is 0 Å². The number of hydrogen-bond donors (Lipinski definition) is 4. The first kappa shape index (κ1) is 31.2. The predicted octanol–water partition coefficient (Wildman–Crippen LogP) is 1.56. The molecule has 4 N–H and O–H groups in total. The van der Waals surface area contributed by atoms with Gasteiger partial charge in [0.15, 0.2) is 0 Å². The van der Waals surface area contributed by atoms with Crippen LogP contribution in [-0.4, -0.2) is 114 Å². The van der Waals surface area contributed by atoms with Gasteiger partial charge in [-0.25, -0.2) is 0 Å². The van der Waals surface area contributed by atoms with Crippen molar-refractivity contribution in [2.75, 3.05) is 59.5 Å². The highest BCUT2D eigenvalue weighted by Crippen LogP contribution is 2.34. The minimum absolute atomic E-state index is 0.250. The highest BCUT2D eigenvalue weighted by molar-refractivity contribution is 5.34. The van der Waals surface area contributed by atoms with Crippen molar-refractivity contribution in [3.05, 3.63) is 65.7 Å². The molecule has 2 aromatic carbocycles. The van der Waals surface area contributed by atoms with Crippen LogP contribution in [0.1, 0.15) is 24.0 Å². The van der Waals surface area contributed by atoms with Crippen LogP contribution in [0.2, 0.25) is 0 Å². The summed E-state index contributed by atoms with van der Waals surface area (Å²) in [5.41, 5.74) is 0.734. The third-order valence-electron chi connectivity index (χ3n) is 6.90. The first-order valence-electron chi connectivity index (χ1n) is 12.8. The van der Waals surface area contributed by atoms with Gasteiger partial charge in [-0.05, 0) is 31.5 Å². The number of β-amino-alcohol motifs (C(OH)–C–C–N with tert-alkyl or cyclic N) is 1. The fourth-order valence-electron chi connectivity index (χ4n) is 4.75. The summed E-state index contributed by atoms with van der Waals surface area (Å²) in [5, 5.41) is 35.7. The molecule has 2 aliphatic rings. The number of ether oxygens (including phenoxy) is 1. The lowest BCUT2D eigenvalue weighted by Gasteiger charge is -2.42. The maximum absolute atomic E-state index is 11.1. The zero-order valence-electron chi connectivity index (χ0n) is 22.1. The molecule has 4 rings (SSSR count). The van der Waals surface area contributed by atoms with Crippen LogP contribution in [0.25, 0.3) is 0 Å². The van der Waals surface area contributed by atoms with E-state index in [1.54, 1.807) is 0 Å². The summed E-state index contributed by atoms with van der Waals surface area (Å²) in [6.45, 7) is 7.71. The maximum Gasteiger partial charge on any atom is 0.290 e. The molecule has 2 saturated heterocycles. The molecule has 2 heterocycles. The van der Waals surface area contributed by atoms with Gasteiger partial charge >= 0.3 is 0 Å². The second-order valence-corrected chi connectivity index (χ2v) is 9.46. The van der Waals surface area contributed by atoms with Crippen LogP contribution in [0.3, 0.4) is 0 Å². The number of piperazine rings is 1. The molecule has 0 spiro atoms. The van der Waals surface area contributed by atoms with Gasteiger partial charge in [-0.15, -0.1) is 0 Å². The van der Waals surface area contributed by atoms with E-state index in [9.17, 15) is 10.2 Å². The van der Waals surface area contributed by atoms with Crippen molar-refractivity contribution in [3.63, 3.8) is 0 Å². The molecule has 2 aliphatic heterocycles. The Morgan fingerprint density at radius 2 is 1.53 bits per heavy atom. The van der Waals surface area contributed by atoms with Gasteiger partial charge in [-0.3, -0.25) is 14.5 Å². The molecule has 2 fully saturated rings. The van der Waals surface area contributed by atoms with Crippen LogP contribution in [0.4, 0.5) is 0 Å². The Balaban J connectivity index is 0.000000773. The lowest BCUT2D eigenvalue weighted by atomic mass is 9.82. The van der Waals surface area contributed by atoms with Crippen LogP contribution >= 0.6 is 0 Å². The van der Waals surface area contributed by atoms with Gasteiger partial charge in [0.05, 0.1) is 12.7 Å². The molecule has 10 heteroatoms. The molecule has 10 nitrogen and oxygen atoms in total. The topological polar surface area (TPSA) is 134 Å². The van der Waals surface area contributed by atoms with Crippen molar-refractivity contribution in [2.24, 2.45) is 0 Å². The fourth-order valence-corrected chi connectivity index (χ4v) is 4.75. The molecule has 0 unspecified atom stereocenters. The smallest absolute Gasteiger partial charge is 0.290 e. The van der Waals surface area contributed by atoms with E-state index >= 15 is 0 Å². The molecular formula is C28H41N3O7. The zero-order chi connectivity index (χ0) is 27.8. The number of rotatable bonds is 8. The van der Waals surface area contributed by atoms with Gasteiger partial charge < -0.3 is 35.0 Å². The number of likely N-dealkylation sites (N-methyl/N-ethyl adjacent to an activating group) is 1. The lowest BCUT2D eigenvalue weighted by molar-refractivity contribution is -0.126. The summed E-state index contributed by atoms with van der Waals surface area (Å²) in [6.07, 6.45) is 0.701. The summed E-state index contributed by atoms with van der Waals surface area (Å²) in [5.74, 6) is 0.921. The van der Waals surface area contributed by atoms with Crippen LogP contribution < -0.4 is 4.74 Å². The van der Waals surface area contributed by atoms with E-state index in [4.69, 9.17) is 24.5 Å². The summed E-state index contributed by atoms with van der Waals surface area (Å²) in [6, 6.07) is 17.7. The Morgan fingerprint density at radius 3 is 2.16 bits per heavy atom. The van der Waals surface area contributed by atoms with Crippen molar-refractivity contribution in [1.82, 2.24) is 14.7 Å². The van der Waals surface area contributed by atoms with Crippen LogP contribution in [-0.2, 0) is 21.7 Å². The fraction of sp³-hybridized carbons (Fsp3) is 0.500. The van der Waals surface area contributed by atoms with Crippen molar-refractivity contribution in [3.8, 4) is 5.75 Å². The van der Waals surface area contributed by atoms with E-state index in [0.717, 1.165) is 62.6 Å². The van der Waals surface area contributed by atoms with E-state index in [-0.39, 0.29) is 12.9 Å². The Bertz CT molecular complexity index is 935. The number of para-hydroxylation sites is 1. The zero-order valence-corrected chi connectivity index (χ0v) is 22.1. The Morgan fingerprint density at radius 1 is 0.921 bits per heavy atom. The van der Waals surface area contributed by atoms with Gasteiger partial charge in [0, 0.05) is 57.9 Å². The molecule has 0 aromatic heterocycles. The molecule has 2 atom stereocenters. The second kappa shape index (κ2) is 16.7. The normalized spacial score (nSPS) is 22.2. The number of hydrogen-bond acceptors (Lipinski definition) is 8. The molecule has 0 saturated carbocycles. The van der Waals surface area contributed by atoms with E-state index < -0.39 is 11.7 Å². The number of carboxylic acid groups (broad SMARTS) is 2. The summed E-state index contributed by atoms with van der Waals surface area (Å²) in [4.78, 5) is 23.8. The number of aliphatic hydroxyl groups is 2. The third kappa shape index (κ3) is 9.70. The SMILES string of the molecule is CN1CCN(CCCOc2ccccc2CN2CC[C@](O)(c3ccccc3)[C@@H](O)C2)CC1.O=CO.O=CO. The number of benzene rings is 2. The Hall–Kier alpha value is -3.02. The number of likely N-dealkylation sites (tertiary alicyclic amines) is 1. The minimum atomic E-state index is -1.18. The summed E-state index contributed by atoms with van der Waals surface area (Å²) >= 11 is 0. The van der Waals surface area contributed by atoms with Crippen LogP contribution in [0.15, 0.2) is 54.6 Å². The second-order valence-electron chi connectivity index (χ2n) is 9.46. The third-order valence-corrected chi connectivity index (χ3v) is 6.90. The molecule has 0 bridgehead atoms. The van der Waals surface area contributed by atoms with Gasteiger partial charge in [0.1, 0.15) is 11.4 Å². The number of nitrogens with zero attached hydrogens (tertiary/aromatic N) is 3. The monoisotopic (exact) mass is 531 g/mol. The number of carbonyl (C=O) groups is 2. The van der Waals surface area contributed by atoms with Crippen molar-refractivity contribution in [1.29, 1.82) is 0 Å². The largest absolute Gasteiger partial charge is 0.493 e. The van der Waals surface area contributed by atoms with Crippen LogP contribution in [0, 0.1) is 0 Å². The molecule has 210 valence electrons. The highest BCUT2D eigenvalue weighted by Gasteiger charge is 2.41.